The summed E-state index contributed by atoms with van der Waals surface area (Å²) in [4.78, 5) is 62.3. The van der Waals surface area contributed by atoms with Gasteiger partial charge in [-0.3, -0.25) is 19.2 Å². The quantitative estimate of drug-likeness (QED) is 0.249. The average molecular weight is 546 g/mol. The second-order valence-electron chi connectivity index (χ2n) is 8.98. The predicted octanol–water partition coefficient (Wildman–Crippen LogP) is 2.81. The molecule has 0 aliphatic rings. The van der Waals surface area contributed by atoms with Crippen molar-refractivity contribution in [2.75, 3.05) is 12.4 Å². The van der Waals surface area contributed by atoms with Gasteiger partial charge in [0.25, 0.3) is 5.91 Å². The molecule has 10 heteroatoms. The molecule has 0 aromatic heterocycles. The maximum Gasteiger partial charge on any atom is 0.328 e. The van der Waals surface area contributed by atoms with Gasteiger partial charge in [-0.1, -0.05) is 54.6 Å². The maximum absolute atomic E-state index is 13.5. The number of carbonyl (C=O) groups excluding carboxylic acids is 5. The summed E-state index contributed by atoms with van der Waals surface area (Å²) < 4.78 is 10.1. The van der Waals surface area contributed by atoms with Gasteiger partial charge in [0, 0.05) is 32.3 Å². The summed E-state index contributed by atoms with van der Waals surface area (Å²) in [6, 6.07) is 20.1. The Morgan fingerprint density at radius 2 is 1.38 bits per heavy atom. The van der Waals surface area contributed by atoms with Crippen LogP contribution in [0.2, 0.25) is 0 Å². The summed E-state index contributed by atoms with van der Waals surface area (Å²) in [6.07, 6.45) is 0.180. The third-order valence-corrected chi connectivity index (χ3v) is 5.79. The van der Waals surface area contributed by atoms with Crippen LogP contribution >= 0.6 is 0 Å². The number of methoxy groups -OCH3 is 1. The van der Waals surface area contributed by atoms with E-state index in [1.807, 2.05) is 30.3 Å². The largest absolute Gasteiger partial charge is 0.467 e. The van der Waals surface area contributed by atoms with Crippen molar-refractivity contribution in [3.63, 3.8) is 0 Å². The topological polar surface area (TPSA) is 140 Å². The monoisotopic (exact) mass is 545 g/mol. The van der Waals surface area contributed by atoms with E-state index in [1.54, 1.807) is 42.5 Å². The first-order chi connectivity index (χ1) is 19.2. The minimum Gasteiger partial charge on any atom is -0.467 e. The Kier molecular flexibility index (Phi) is 10.5. The molecular formula is C30H31N3O7. The van der Waals surface area contributed by atoms with Crippen LogP contribution in [0.25, 0.3) is 0 Å². The molecule has 0 bridgehead atoms. The summed E-state index contributed by atoms with van der Waals surface area (Å²) in [7, 11) is 1.23. The van der Waals surface area contributed by atoms with Crippen LogP contribution in [0, 0.1) is 0 Å². The standard InChI is InChI=1S/C30H31N3O7/c1-19(34)31-24-17-22(14-15-27(24)40-20(2)35)18-25(32-28(36)23-12-8-5-9-13-23)29(37)33-26(30(38)39-3)16-21-10-6-4-7-11-21/h4-15,17,25-26H,16,18H2,1-3H3,(H,31,34)(H,32,36)(H,33,37)/t25-,26-/m0/s1. The van der Waals surface area contributed by atoms with Crippen molar-refractivity contribution in [1.82, 2.24) is 10.6 Å². The zero-order valence-electron chi connectivity index (χ0n) is 22.4. The molecule has 3 amide bonds. The van der Waals surface area contributed by atoms with Crippen LogP contribution in [0.3, 0.4) is 0 Å². The lowest BCUT2D eigenvalue weighted by Gasteiger charge is -2.23. The first-order valence-corrected chi connectivity index (χ1v) is 12.5. The van der Waals surface area contributed by atoms with E-state index in [9.17, 15) is 24.0 Å². The molecule has 208 valence electrons. The van der Waals surface area contributed by atoms with Crippen molar-refractivity contribution >= 4 is 35.3 Å². The van der Waals surface area contributed by atoms with Gasteiger partial charge in [0.05, 0.1) is 12.8 Å². The predicted molar refractivity (Wildman–Crippen MR) is 148 cm³/mol. The van der Waals surface area contributed by atoms with E-state index < -0.39 is 35.8 Å². The number of hydrogen-bond donors (Lipinski definition) is 3. The van der Waals surface area contributed by atoms with E-state index in [0.717, 1.165) is 5.56 Å². The molecule has 0 unspecified atom stereocenters. The highest BCUT2D eigenvalue weighted by Gasteiger charge is 2.28. The van der Waals surface area contributed by atoms with Crippen LogP contribution < -0.4 is 20.7 Å². The molecule has 3 aromatic rings. The van der Waals surface area contributed by atoms with Crippen LogP contribution in [0.4, 0.5) is 5.69 Å². The fraction of sp³-hybridized carbons (Fsp3) is 0.233. The van der Waals surface area contributed by atoms with Crippen molar-refractivity contribution < 1.29 is 33.4 Å². The molecule has 0 aliphatic heterocycles. The molecule has 0 spiro atoms. The molecule has 0 aliphatic carbocycles. The molecule has 0 saturated carbocycles. The molecule has 0 saturated heterocycles. The Hall–Kier alpha value is -4.99. The highest BCUT2D eigenvalue weighted by Crippen LogP contribution is 2.27. The van der Waals surface area contributed by atoms with Gasteiger partial charge >= 0.3 is 11.9 Å². The highest BCUT2D eigenvalue weighted by atomic mass is 16.5. The lowest BCUT2D eigenvalue weighted by atomic mass is 10.0. The number of ether oxygens (including phenoxy) is 2. The fourth-order valence-electron chi connectivity index (χ4n) is 3.97. The average Bonchev–Trinajstić information content (AvgIpc) is 2.93. The number of nitrogens with one attached hydrogen (secondary N) is 3. The molecule has 3 aromatic carbocycles. The molecule has 0 radical (unpaired) electrons. The molecular weight excluding hydrogens is 514 g/mol. The first-order valence-electron chi connectivity index (χ1n) is 12.5. The van der Waals surface area contributed by atoms with E-state index in [-0.39, 0.29) is 30.2 Å². The number of anilines is 1. The Bertz CT molecular complexity index is 1360. The van der Waals surface area contributed by atoms with Crippen molar-refractivity contribution in [3.05, 3.63) is 95.6 Å². The van der Waals surface area contributed by atoms with Crippen LogP contribution in [-0.4, -0.2) is 48.9 Å². The number of rotatable bonds is 11. The molecule has 3 N–H and O–H groups in total. The van der Waals surface area contributed by atoms with Gasteiger partial charge < -0.3 is 25.4 Å². The van der Waals surface area contributed by atoms with Crippen molar-refractivity contribution in [2.24, 2.45) is 0 Å². The molecule has 40 heavy (non-hydrogen) atoms. The van der Waals surface area contributed by atoms with Crippen molar-refractivity contribution in [3.8, 4) is 5.75 Å². The second kappa shape index (κ2) is 14.2. The van der Waals surface area contributed by atoms with Crippen LogP contribution in [0.5, 0.6) is 5.75 Å². The number of benzene rings is 3. The van der Waals surface area contributed by atoms with Crippen molar-refractivity contribution in [2.45, 2.75) is 38.8 Å². The number of hydrogen-bond acceptors (Lipinski definition) is 7. The molecule has 10 nitrogen and oxygen atoms in total. The fourth-order valence-corrected chi connectivity index (χ4v) is 3.97. The van der Waals surface area contributed by atoms with Crippen LogP contribution in [-0.2, 0) is 36.8 Å². The molecule has 2 atom stereocenters. The number of esters is 2. The lowest BCUT2D eigenvalue weighted by molar-refractivity contribution is -0.145. The SMILES string of the molecule is COC(=O)[C@H](Cc1ccccc1)NC(=O)[C@H](Cc1ccc(OC(C)=O)c(NC(C)=O)c1)NC(=O)c1ccccc1. The summed E-state index contributed by atoms with van der Waals surface area (Å²) >= 11 is 0. The Balaban J connectivity index is 1.90. The van der Waals surface area contributed by atoms with E-state index in [2.05, 4.69) is 16.0 Å². The van der Waals surface area contributed by atoms with E-state index in [0.29, 0.717) is 11.1 Å². The lowest BCUT2D eigenvalue weighted by Crippen LogP contribution is -2.53. The molecule has 3 rings (SSSR count). The third-order valence-electron chi connectivity index (χ3n) is 5.79. The van der Waals surface area contributed by atoms with Gasteiger partial charge in [0.2, 0.25) is 11.8 Å². The van der Waals surface area contributed by atoms with E-state index in [4.69, 9.17) is 9.47 Å². The van der Waals surface area contributed by atoms with E-state index >= 15 is 0 Å². The summed E-state index contributed by atoms with van der Waals surface area (Å²) in [5, 5.41) is 8.05. The zero-order valence-corrected chi connectivity index (χ0v) is 22.4. The van der Waals surface area contributed by atoms with Gasteiger partial charge in [0.15, 0.2) is 5.75 Å². The summed E-state index contributed by atoms with van der Waals surface area (Å²) in [5.74, 6) is -2.56. The van der Waals surface area contributed by atoms with E-state index in [1.165, 1.54) is 27.0 Å². The van der Waals surface area contributed by atoms with Gasteiger partial charge in [0.1, 0.15) is 12.1 Å². The Labute approximate surface area is 232 Å². The smallest absolute Gasteiger partial charge is 0.328 e. The number of carbonyl (C=O) groups is 5. The third kappa shape index (κ3) is 8.80. The Morgan fingerprint density at radius 1 is 0.750 bits per heavy atom. The summed E-state index contributed by atoms with van der Waals surface area (Å²) in [5.41, 5.74) is 1.93. The van der Waals surface area contributed by atoms with Gasteiger partial charge in [-0.2, -0.15) is 0 Å². The molecule has 0 fully saturated rings. The minimum atomic E-state index is -1.11. The second-order valence-corrected chi connectivity index (χ2v) is 8.98. The van der Waals surface area contributed by atoms with Crippen molar-refractivity contribution in [1.29, 1.82) is 0 Å². The van der Waals surface area contributed by atoms with Crippen LogP contribution in [0.15, 0.2) is 78.9 Å². The minimum absolute atomic E-state index is 0.00340. The summed E-state index contributed by atoms with van der Waals surface area (Å²) in [6.45, 7) is 2.54. The van der Waals surface area contributed by atoms with Gasteiger partial charge in [-0.25, -0.2) is 4.79 Å². The normalized spacial score (nSPS) is 11.9. The Morgan fingerprint density at radius 3 is 1.98 bits per heavy atom. The van der Waals surface area contributed by atoms with Gasteiger partial charge in [-0.15, -0.1) is 0 Å². The zero-order chi connectivity index (χ0) is 29.1. The number of amides is 3. The highest BCUT2D eigenvalue weighted by molar-refractivity contribution is 5.98. The molecule has 0 heterocycles. The van der Waals surface area contributed by atoms with Gasteiger partial charge in [-0.05, 0) is 35.4 Å². The van der Waals surface area contributed by atoms with Crippen LogP contribution in [0.1, 0.15) is 35.3 Å². The maximum atomic E-state index is 13.5. The first kappa shape index (κ1) is 29.6.